The highest BCUT2D eigenvalue weighted by Gasteiger charge is 2.43. The summed E-state index contributed by atoms with van der Waals surface area (Å²) < 4.78 is 41.6. The van der Waals surface area contributed by atoms with Crippen LogP contribution < -0.4 is 17.2 Å². The number of halogens is 4. The van der Waals surface area contributed by atoms with Crippen LogP contribution in [0.25, 0.3) is 0 Å². The van der Waals surface area contributed by atoms with E-state index in [4.69, 9.17) is 22.0 Å². The Morgan fingerprint density at radius 3 is 1.33 bits per heavy atom. The number of nitrogen functional groups attached to an aromatic ring is 3. The van der Waals surface area contributed by atoms with Gasteiger partial charge in [-0.05, 0) is 111 Å². The molecule has 0 aliphatic heterocycles. The molecule has 0 radical (unpaired) electrons. The van der Waals surface area contributed by atoms with Crippen molar-refractivity contribution in [1.82, 2.24) is 0 Å². The van der Waals surface area contributed by atoms with Crippen molar-refractivity contribution in [1.29, 1.82) is 0 Å². The number of alkyl halides is 3. The number of carbonyl (C=O) groups excluding carboxylic acids is 1. The SMILES string of the molecule is CC=O.Cc1cc(C(c2cc(C)c(N)cc2C)C(F)(F)F)c(C)cc1N.Cc1ccc(C)c(N)c1.F. The summed E-state index contributed by atoms with van der Waals surface area (Å²) in [6.45, 7) is 12.2. The maximum atomic E-state index is 13.9. The van der Waals surface area contributed by atoms with Gasteiger partial charge in [0, 0.05) is 17.1 Å². The molecule has 0 aromatic heterocycles. The Hall–Kier alpha value is -3.55. The average molecular weight is 508 g/mol. The van der Waals surface area contributed by atoms with E-state index in [0.717, 1.165) is 17.5 Å². The standard InChI is InChI=1S/C18H21F3N2.C8H11N.C2H4O.FH/c1-9-7-15(22)11(3)5-13(9)17(18(19,20)21)14-6-12(4)16(23)8-10(14)2;1-6-3-4-7(2)8(9)5-6;1-2-3;/h5-8,17H,22-23H2,1-4H3;3-5H,9H2,1-2H3;2H,1H3;1H. The molecule has 0 amide bonds. The van der Waals surface area contributed by atoms with Gasteiger partial charge in [0.15, 0.2) is 0 Å². The van der Waals surface area contributed by atoms with Crippen LogP contribution in [0.5, 0.6) is 0 Å². The molecule has 0 atom stereocenters. The summed E-state index contributed by atoms with van der Waals surface area (Å²) in [7, 11) is 0. The second-order valence-electron chi connectivity index (χ2n) is 8.70. The van der Waals surface area contributed by atoms with Gasteiger partial charge in [0.25, 0.3) is 0 Å². The quantitative estimate of drug-likeness (QED) is 0.197. The van der Waals surface area contributed by atoms with Gasteiger partial charge in [0.1, 0.15) is 12.2 Å². The molecule has 198 valence electrons. The number of benzene rings is 3. The van der Waals surface area contributed by atoms with Crippen molar-refractivity contribution in [2.75, 3.05) is 17.2 Å². The third-order valence-electron chi connectivity index (χ3n) is 5.69. The van der Waals surface area contributed by atoms with Crippen LogP contribution in [-0.2, 0) is 4.79 Å². The van der Waals surface area contributed by atoms with E-state index in [2.05, 4.69) is 6.07 Å². The van der Waals surface area contributed by atoms with Crippen LogP contribution in [0.4, 0.5) is 34.9 Å². The molecule has 0 aliphatic carbocycles. The highest BCUT2D eigenvalue weighted by molar-refractivity contribution is 5.57. The summed E-state index contributed by atoms with van der Waals surface area (Å²) in [6, 6.07) is 12.3. The van der Waals surface area contributed by atoms with Crippen molar-refractivity contribution in [3.05, 3.63) is 87.0 Å². The minimum atomic E-state index is -4.40. The van der Waals surface area contributed by atoms with E-state index in [9.17, 15) is 13.2 Å². The maximum absolute atomic E-state index is 13.9. The summed E-state index contributed by atoms with van der Waals surface area (Å²) in [6.07, 6.45) is -3.65. The van der Waals surface area contributed by atoms with Crippen molar-refractivity contribution in [3.8, 4) is 0 Å². The van der Waals surface area contributed by atoms with Gasteiger partial charge >= 0.3 is 6.18 Å². The Balaban J connectivity index is 0.000000784. The number of hydrogen-bond donors (Lipinski definition) is 3. The molecular weight excluding hydrogens is 470 g/mol. The van der Waals surface area contributed by atoms with E-state index in [-0.39, 0.29) is 15.8 Å². The zero-order valence-corrected chi connectivity index (χ0v) is 21.9. The van der Waals surface area contributed by atoms with Crippen LogP contribution in [0.1, 0.15) is 57.3 Å². The molecule has 0 aliphatic rings. The Labute approximate surface area is 211 Å². The normalized spacial score (nSPS) is 10.4. The molecule has 3 aromatic rings. The van der Waals surface area contributed by atoms with Crippen LogP contribution in [0.3, 0.4) is 0 Å². The maximum Gasteiger partial charge on any atom is 0.399 e. The topological polar surface area (TPSA) is 95.1 Å². The molecule has 0 bridgehead atoms. The molecule has 4 nitrogen and oxygen atoms in total. The van der Waals surface area contributed by atoms with Gasteiger partial charge in [-0.2, -0.15) is 13.2 Å². The summed E-state index contributed by atoms with van der Waals surface area (Å²) in [5.41, 5.74) is 24.3. The second-order valence-corrected chi connectivity index (χ2v) is 8.70. The number of rotatable bonds is 2. The summed E-state index contributed by atoms with van der Waals surface area (Å²) >= 11 is 0. The summed E-state index contributed by atoms with van der Waals surface area (Å²) in [4.78, 5) is 8.81. The Kier molecular flexibility index (Phi) is 12.2. The molecule has 36 heavy (non-hydrogen) atoms. The van der Waals surface area contributed by atoms with Crippen molar-refractivity contribution in [3.63, 3.8) is 0 Å². The van der Waals surface area contributed by atoms with E-state index >= 15 is 0 Å². The molecule has 8 heteroatoms. The predicted molar refractivity (Wildman–Crippen MR) is 143 cm³/mol. The first-order valence-corrected chi connectivity index (χ1v) is 11.2. The molecule has 0 saturated carbocycles. The van der Waals surface area contributed by atoms with Crippen LogP contribution in [0.2, 0.25) is 0 Å². The van der Waals surface area contributed by atoms with Gasteiger partial charge in [-0.15, -0.1) is 0 Å². The van der Waals surface area contributed by atoms with Gasteiger partial charge in [-0.25, -0.2) is 0 Å². The Bertz CT molecular complexity index is 1120. The molecule has 0 unspecified atom stereocenters. The second kappa shape index (κ2) is 13.5. The number of aldehydes is 1. The highest BCUT2D eigenvalue weighted by atomic mass is 19.4. The third-order valence-corrected chi connectivity index (χ3v) is 5.69. The molecule has 3 rings (SSSR count). The van der Waals surface area contributed by atoms with Gasteiger partial charge in [-0.1, -0.05) is 24.3 Å². The minimum absolute atomic E-state index is 0. The fourth-order valence-electron chi connectivity index (χ4n) is 3.62. The van der Waals surface area contributed by atoms with E-state index in [1.807, 2.05) is 26.0 Å². The minimum Gasteiger partial charge on any atom is -0.399 e. The first-order valence-electron chi connectivity index (χ1n) is 11.2. The summed E-state index contributed by atoms with van der Waals surface area (Å²) in [5.74, 6) is -1.69. The lowest BCUT2D eigenvalue weighted by Crippen LogP contribution is -2.24. The van der Waals surface area contributed by atoms with E-state index < -0.39 is 12.1 Å². The number of nitrogens with two attached hydrogens (primary N) is 3. The third kappa shape index (κ3) is 8.59. The van der Waals surface area contributed by atoms with Crippen LogP contribution in [0, 0.1) is 41.5 Å². The Morgan fingerprint density at radius 1 is 0.667 bits per heavy atom. The van der Waals surface area contributed by atoms with Crippen molar-refractivity contribution in [2.45, 2.75) is 60.6 Å². The van der Waals surface area contributed by atoms with Crippen LogP contribution in [0.15, 0.2) is 42.5 Å². The highest BCUT2D eigenvalue weighted by Crippen LogP contribution is 2.44. The fraction of sp³-hybridized carbons (Fsp3) is 0.321. The van der Waals surface area contributed by atoms with Gasteiger partial charge < -0.3 is 22.0 Å². The first-order chi connectivity index (χ1) is 16.1. The largest absolute Gasteiger partial charge is 0.399 e. The van der Waals surface area contributed by atoms with E-state index in [1.165, 1.54) is 24.6 Å². The number of carbonyl (C=O) groups is 1. The molecule has 6 N–H and O–H groups in total. The van der Waals surface area contributed by atoms with Crippen molar-refractivity contribution >= 4 is 23.3 Å². The molecule has 0 fully saturated rings. The number of aryl methyl sites for hydroxylation is 6. The number of hydrogen-bond acceptors (Lipinski definition) is 4. The molecule has 0 heterocycles. The fourth-order valence-corrected chi connectivity index (χ4v) is 3.62. The number of anilines is 3. The smallest absolute Gasteiger partial charge is 0.399 e. The van der Waals surface area contributed by atoms with Crippen LogP contribution >= 0.6 is 0 Å². The average Bonchev–Trinajstić information content (AvgIpc) is 2.73. The zero-order chi connectivity index (χ0) is 27.1. The Morgan fingerprint density at radius 2 is 1.03 bits per heavy atom. The van der Waals surface area contributed by atoms with Gasteiger partial charge in [0.05, 0.1) is 0 Å². The summed E-state index contributed by atoms with van der Waals surface area (Å²) in [5, 5.41) is 0. The van der Waals surface area contributed by atoms with Crippen molar-refractivity contribution in [2.24, 2.45) is 0 Å². The molecule has 0 saturated heterocycles. The monoisotopic (exact) mass is 507 g/mol. The molecule has 3 aromatic carbocycles. The lowest BCUT2D eigenvalue weighted by molar-refractivity contribution is -0.141. The lowest BCUT2D eigenvalue weighted by atomic mass is 9.83. The van der Waals surface area contributed by atoms with Crippen molar-refractivity contribution < 1.29 is 22.7 Å². The van der Waals surface area contributed by atoms with Crippen LogP contribution in [-0.4, -0.2) is 12.5 Å². The predicted octanol–water partition coefficient (Wildman–Crippen LogP) is 7.02. The van der Waals surface area contributed by atoms with E-state index in [1.54, 1.807) is 39.8 Å². The van der Waals surface area contributed by atoms with Gasteiger partial charge in [-0.3, -0.25) is 4.70 Å². The molecular formula is C28H37F4N3O. The lowest BCUT2D eigenvalue weighted by Gasteiger charge is -2.26. The first kappa shape index (κ1) is 32.5. The molecule has 0 spiro atoms. The zero-order valence-electron chi connectivity index (χ0n) is 21.9. The van der Waals surface area contributed by atoms with Gasteiger partial charge in [0.2, 0.25) is 0 Å². The van der Waals surface area contributed by atoms with E-state index in [0.29, 0.717) is 33.6 Å².